The Balaban J connectivity index is 2.68. The zero-order chi connectivity index (χ0) is 11.7. The number of hydrogen-bond acceptors (Lipinski definition) is 3. The SMILES string of the molecule is C=C(C)c1sc(=S)n(-c2ccccc2)c1O. The molecule has 0 aliphatic carbocycles. The van der Waals surface area contributed by atoms with E-state index in [2.05, 4.69) is 6.58 Å². The van der Waals surface area contributed by atoms with Crippen LogP contribution in [0.15, 0.2) is 36.9 Å². The molecule has 0 amide bonds. The van der Waals surface area contributed by atoms with Crippen molar-refractivity contribution >= 4 is 29.1 Å². The fourth-order valence-corrected chi connectivity index (χ4v) is 2.71. The van der Waals surface area contributed by atoms with Crippen LogP contribution in [-0.4, -0.2) is 9.67 Å². The number of rotatable bonds is 2. The van der Waals surface area contributed by atoms with Gasteiger partial charge in [0.25, 0.3) is 0 Å². The molecule has 0 saturated heterocycles. The Kier molecular flexibility index (Phi) is 2.94. The van der Waals surface area contributed by atoms with E-state index >= 15 is 0 Å². The van der Waals surface area contributed by atoms with E-state index in [1.807, 2.05) is 37.3 Å². The first kappa shape index (κ1) is 11.1. The van der Waals surface area contributed by atoms with E-state index in [1.165, 1.54) is 11.3 Å². The van der Waals surface area contributed by atoms with Crippen molar-refractivity contribution in [2.24, 2.45) is 0 Å². The molecular formula is C12H11NOS2. The Hall–Kier alpha value is -1.39. The predicted molar refractivity (Wildman–Crippen MR) is 70.9 cm³/mol. The highest BCUT2D eigenvalue weighted by Crippen LogP contribution is 2.33. The van der Waals surface area contributed by atoms with Crippen molar-refractivity contribution in [3.8, 4) is 11.6 Å². The Morgan fingerprint density at radius 3 is 2.50 bits per heavy atom. The van der Waals surface area contributed by atoms with Gasteiger partial charge in [-0.15, -0.1) is 11.3 Å². The van der Waals surface area contributed by atoms with Crippen molar-refractivity contribution in [2.45, 2.75) is 6.92 Å². The summed E-state index contributed by atoms with van der Waals surface area (Å²) in [5.41, 5.74) is 1.69. The molecule has 2 aromatic rings. The quantitative estimate of drug-likeness (QED) is 0.814. The van der Waals surface area contributed by atoms with Gasteiger partial charge in [-0.25, -0.2) is 0 Å². The lowest BCUT2D eigenvalue weighted by molar-refractivity contribution is 0.441. The van der Waals surface area contributed by atoms with Crippen LogP contribution in [0.5, 0.6) is 5.88 Å². The molecule has 0 saturated carbocycles. The van der Waals surface area contributed by atoms with Crippen molar-refractivity contribution in [3.63, 3.8) is 0 Å². The summed E-state index contributed by atoms with van der Waals surface area (Å²) in [4.78, 5) is 0.744. The molecule has 0 radical (unpaired) electrons. The molecule has 0 aliphatic rings. The summed E-state index contributed by atoms with van der Waals surface area (Å²) in [6, 6.07) is 9.56. The van der Waals surface area contributed by atoms with Gasteiger partial charge in [-0.3, -0.25) is 4.57 Å². The molecule has 2 nitrogen and oxygen atoms in total. The van der Waals surface area contributed by atoms with Crippen LogP contribution in [0.3, 0.4) is 0 Å². The fraction of sp³-hybridized carbons (Fsp3) is 0.0833. The lowest BCUT2D eigenvalue weighted by Crippen LogP contribution is -1.92. The van der Waals surface area contributed by atoms with Gasteiger partial charge in [-0.05, 0) is 36.8 Å². The number of benzene rings is 1. The summed E-state index contributed by atoms with van der Waals surface area (Å²) in [7, 11) is 0. The molecule has 0 atom stereocenters. The summed E-state index contributed by atoms with van der Waals surface area (Å²) in [6.45, 7) is 5.68. The van der Waals surface area contributed by atoms with Crippen molar-refractivity contribution in [3.05, 3.63) is 45.7 Å². The molecule has 1 aromatic heterocycles. The van der Waals surface area contributed by atoms with Crippen LogP contribution in [0.25, 0.3) is 11.3 Å². The average molecular weight is 249 g/mol. The van der Waals surface area contributed by atoms with Gasteiger partial charge in [0, 0.05) is 0 Å². The third-order valence-corrected chi connectivity index (χ3v) is 3.71. The number of allylic oxidation sites excluding steroid dienone is 1. The summed E-state index contributed by atoms with van der Waals surface area (Å²) in [5, 5.41) is 10.1. The van der Waals surface area contributed by atoms with Gasteiger partial charge in [-0.1, -0.05) is 24.8 Å². The second-order valence-electron chi connectivity index (χ2n) is 3.47. The van der Waals surface area contributed by atoms with Crippen molar-refractivity contribution in [2.75, 3.05) is 0 Å². The maximum Gasteiger partial charge on any atom is 0.215 e. The summed E-state index contributed by atoms with van der Waals surface area (Å²) in [5.74, 6) is 0.175. The minimum absolute atomic E-state index is 0.175. The van der Waals surface area contributed by atoms with Gasteiger partial charge in [0.15, 0.2) is 3.95 Å². The zero-order valence-corrected chi connectivity index (χ0v) is 10.4. The van der Waals surface area contributed by atoms with E-state index in [4.69, 9.17) is 12.2 Å². The molecule has 1 aromatic carbocycles. The Morgan fingerprint density at radius 2 is 2.00 bits per heavy atom. The van der Waals surface area contributed by atoms with Crippen molar-refractivity contribution in [1.82, 2.24) is 4.57 Å². The number of para-hydroxylation sites is 1. The number of hydrogen-bond donors (Lipinski definition) is 1. The van der Waals surface area contributed by atoms with Crippen LogP contribution >= 0.6 is 23.6 Å². The van der Waals surface area contributed by atoms with Crippen LogP contribution in [0.1, 0.15) is 11.8 Å². The highest BCUT2D eigenvalue weighted by Gasteiger charge is 2.13. The summed E-state index contributed by atoms with van der Waals surface area (Å²) in [6.07, 6.45) is 0. The molecule has 1 N–H and O–H groups in total. The standard InChI is InChI=1S/C12H11NOS2/c1-8(2)10-11(14)13(12(15)16-10)9-6-4-3-5-7-9/h3-7,14H,1H2,2H3. The summed E-state index contributed by atoms with van der Waals surface area (Å²) < 4.78 is 2.28. The maximum absolute atomic E-state index is 10.1. The molecule has 4 heteroatoms. The molecule has 82 valence electrons. The summed E-state index contributed by atoms with van der Waals surface area (Å²) >= 11 is 6.61. The van der Waals surface area contributed by atoms with Gasteiger partial charge in [0.1, 0.15) is 0 Å². The second kappa shape index (κ2) is 4.23. The molecule has 0 aliphatic heterocycles. The molecule has 16 heavy (non-hydrogen) atoms. The lowest BCUT2D eigenvalue weighted by Gasteiger charge is -2.04. The second-order valence-corrected chi connectivity index (χ2v) is 5.12. The normalized spacial score (nSPS) is 10.3. The maximum atomic E-state index is 10.1. The third-order valence-electron chi connectivity index (χ3n) is 2.19. The molecule has 0 spiro atoms. The van der Waals surface area contributed by atoms with Gasteiger partial charge in [0.2, 0.25) is 5.88 Å². The first-order chi connectivity index (χ1) is 7.61. The van der Waals surface area contributed by atoms with Crippen molar-refractivity contribution < 1.29 is 5.11 Å². The van der Waals surface area contributed by atoms with E-state index < -0.39 is 0 Å². The van der Waals surface area contributed by atoms with Crippen LogP contribution in [-0.2, 0) is 0 Å². The van der Waals surface area contributed by atoms with E-state index in [-0.39, 0.29) is 5.88 Å². The molecule has 0 fully saturated rings. The van der Waals surface area contributed by atoms with Gasteiger partial charge < -0.3 is 5.11 Å². The minimum atomic E-state index is 0.175. The molecular weight excluding hydrogens is 238 g/mol. The topological polar surface area (TPSA) is 25.2 Å². The van der Waals surface area contributed by atoms with Crippen molar-refractivity contribution in [1.29, 1.82) is 0 Å². The van der Waals surface area contributed by atoms with Crippen LogP contribution in [0, 0.1) is 3.95 Å². The molecule has 2 rings (SSSR count). The van der Waals surface area contributed by atoms with Gasteiger partial charge in [0.05, 0.1) is 10.6 Å². The minimum Gasteiger partial charge on any atom is -0.493 e. The zero-order valence-electron chi connectivity index (χ0n) is 8.80. The average Bonchev–Trinajstić information content (AvgIpc) is 2.56. The fourth-order valence-electron chi connectivity index (χ4n) is 1.45. The van der Waals surface area contributed by atoms with Crippen LogP contribution in [0.2, 0.25) is 0 Å². The number of nitrogens with zero attached hydrogens (tertiary/aromatic N) is 1. The Morgan fingerprint density at radius 1 is 1.38 bits per heavy atom. The number of thiazole rings is 1. The van der Waals surface area contributed by atoms with Gasteiger partial charge >= 0.3 is 0 Å². The molecule has 0 bridgehead atoms. The first-order valence-corrected chi connectivity index (χ1v) is 6.00. The Labute approximate surface area is 103 Å². The highest BCUT2D eigenvalue weighted by atomic mass is 32.1. The molecule has 1 heterocycles. The third kappa shape index (κ3) is 1.81. The molecule has 0 unspecified atom stereocenters. The lowest BCUT2D eigenvalue weighted by atomic mass is 10.3. The largest absolute Gasteiger partial charge is 0.493 e. The predicted octanol–water partition coefficient (Wildman–Crippen LogP) is 4.01. The van der Waals surface area contributed by atoms with E-state index in [0.29, 0.717) is 3.95 Å². The highest BCUT2D eigenvalue weighted by molar-refractivity contribution is 7.73. The van der Waals surface area contributed by atoms with Crippen LogP contribution in [0.4, 0.5) is 0 Å². The smallest absolute Gasteiger partial charge is 0.215 e. The number of aromatic nitrogens is 1. The van der Waals surface area contributed by atoms with Crippen LogP contribution < -0.4 is 0 Å². The number of aromatic hydroxyl groups is 1. The first-order valence-electron chi connectivity index (χ1n) is 4.77. The van der Waals surface area contributed by atoms with Gasteiger partial charge in [-0.2, -0.15) is 0 Å². The van der Waals surface area contributed by atoms with E-state index in [9.17, 15) is 5.11 Å². The van der Waals surface area contributed by atoms with E-state index in [0.717, 1.165) is 16.1 Å². The Bertz CT molecular complexity index is 581. The monoisotopic (exact) mass is 249 g/mol. The van der Waals surface area contributed by atoms with E-state index in [1.54, 1.807) is 4.57 Å².